The van der Waals surface area contributed by atoms with E-state index in [1.807, 2.05) is 30.3 Å². The fraction of sp³-hybridized carbons (Fsp3) is 0.207. The Hall–Kier alpha value is -3.90. The van der Waals surface area contributed by atoms with Crippen LogP contribution < -0.4 is 0 Å². The molecule has 0 unspecified atom stereocenters. The van der Waals surface area contributed by atoms with E-state index in [-0.39, 0.29) is 11.5 Å². The van der Waals surface area contributed by atoms with Gasteiger partial charge in [-0.05, 0) is 34.4 Å². The molecule has 174 valence electrons. The van der Waals surface area contributed by atoms with Crippen LogP contribution >= 0.6 is 0 Å². The zero-order chi connectivity index (χ0) is 23.8. The van der Waals surface area contributed by atoms with Crippen molar-refractivity contribution in [3.05, 3.63) is 118 Å². The normalized spacial score (nSPS) is 15.7. The summed E-state index contributed by atoms with van der Waals surface area (Å²) in [6, 6.07) is 23.1. The van der Waals surface area contributed by atoms with E-state index in [2.05, 4.69) is 39.4 Å². The lowest BCUT2D eigenvalue weighted by Crippen LogP contribution is -2.34. The van der Waals surface area contributed by atoms with Crippen LogP contribution in [0.1, 0.15) is 27.2 Å². The predicted molar refractivity (Wildman–Crippen MR) is 133 cm³/mol. The van der Waals surface area contributed by atoms with Crippen LogP contribution in [0.3, 0.4) is 0 Å². The molecule has 1 aromatic heterocycles. The van der Waals surface area contributed by atoms with E-state index in [4.69, 9.17) is 0 Å². The third-order valence-corrected chi connectivity index (χ3v) is 6.91. The molecule has 0 saturated heterocycles. The van der Waals surface area contributed by atoms with Crippen molar-refractivity contribution in [1.82, 2.24) is 20.0 Å². The quantitative estimate of drug-likeness (QED) is 0.404. The summed E-state index contributed by atoms with van der Waals surface area (Å²) in [6.07, 6.45) is 2.22. The van der Waals surface area contributed by atoms with Gasteiger partial charge in [0.1, 0.15) is 5.82 Å². The Labute approximate surface area is 203 Å². The van der Waals surface area contributed by atoms with E-state index < -0.39 is 5.82 Å². The van der Waals surface area contributed by atoms with Gasteiger partial charge >= 0.3 is 0 Å². The molecule has 6 rings (SSSR count). The van der Waals surface area contributed by atoms with Crippen molar-refractivity contribution in [3.63, 3.8) is 0 Å². The zero-order valence-corrected chi connectivity index (χ0v) is 19.3. The van der Waals surface area contributed by atoms with Crippen molar-refractivity contribution < 1.29 is 9.18 Å². The molecule has 3 heterocycles. The van der Waals surface area contributed by atoms with Crippen LogP contribution in [-0.2, 0) is 13.0 Å². The highest BCUT2D eigenvalue weighted by molar-refractivity contribution is 5.95. The number of nitrogens with zero attached hydrogens (tertiary/aromatic N) is 4. The van der Waals surface area contributed by atoms with Crippen molar-refractivity contribution in [2.75, 3.05) is 26.2 Å². The van der Waals surface area contributed by atoms with Crippen LogP contribution in [0.15, 0.2) is 90.1 Å². The van der Waals surface area contributed by atoms with Gasteiger partial charge in [0.2, 0.25) is 0 Å². The van der Waals surface area contributed by atoms with Gasteiger partial charge in [-0.3, -0.25) is 9.69 Å². The molecule has 1 amide bonds. The third kappa shape index (κ3) is 4.33. The number of hydrogen-bond acceptors (Lipinski definition) is 4. The van der Waals surface area contributed by atoms with Crippen LogP contribution in [0.2, 0.25) is 0 Å². The Kier molecular flexibility index (Phi) is 5.58. The fourth-order valence-electron chi connectivity index (χ4n) is 5.18. The minimum Gasteiger partial charge on any atom is -0.330 e. The van der Waals surface area contributed by atoms with Crippen molar-refractivity contribution in [1.29, 1.82) is 0 Å². The van der Waals surface area contributed by atoms with E-state index >= 15 is 0 Å². The van der Waals surface area contributed by atoms with E-state index in [1.165, 1.54) is 22.8 Å². The highest BCUT2D eigenvalue weighted by atomic mass is 19.1. The molecule has 35 heavy (non-hydrogen) atoms. The zero-order valence-electron chi connectivity index (χ0n) is 19.3. The van der Waals surface area contributed by atoms with Gasteiger partial charge in [-0.25, -0.2) is 4.39 Å². The van der Waals surface area contributed by atoms with Gasteiger partial charge in [0.25, 0.3) is 5.91 Å². The standard InChI is InChI=1S/C29H25FN4O/c30-27-11-10-21(13-28-25-9-5-4-8-22(25)14-31-32-28)12-26(27)29(35)34-18-23-16-33(17-24(23)19-34)15-20-6-2-1-3-7-20/h1-12,14H,13,15-19H2. The fourth-order valence-corrected chi connectivity index (χ4v) is 5.18. The molecule has 0 radical (unpaired) electrons. The highest BCUT2D eigenvalue weighted by Crippen LogP contribution is 2.29. The Morgan fingerprint density at radius 3 is 2.40 bits per heavy atom. The summed E-state index contributed by atoms with van der Waals surface area (Å²) in [5, 5.41) is 10.4. The van der Waals surface area contributed by atoms with E-state index in [0.29, 0.717) is 19.5 Å². The summed E-state index contributed by atoms with van der Waals surface area (Å²) in [6.45, 7) is 3.75. The van der Waals surface area contributed by atoms with Gasteiger partial charge in [0.15, 0.2) is 0 Å². The first-order valence-corrected chi connectivity index (χ1v) is 11.9. The SMILES string of the molecule is O=C(c1cc(Cc2nncc3ccccc23)ccc1F)N1CC2=C(CN(Cc3ccccc3)C2)C1. The summed E-state index contributed by atoms with van der Waals surface area (Å²) >= 11 is 0. The summed E-state index contributed by atoms with van der Waals surface area (Å²) in [5.41, 5.74) is 5.64. The summed E-state index contributed by atoms with van der Waals surface area (Å²) in [7, 11) is 0. The molecular formula is C29H25FN4O. The van der Waals surface area contributed by atoms with E-state index in [9.17, 15) is 9.18 Å². The molecule has 0 fully saturated rings. The molecule has 0 spiro atoms. The molecule has 0 atom stereocenters. The van der Waals surface area contributed by atoms with Crippen LogP contribution in [0.4, 0.5) is 4.39 Å². The maximum absolute atomic E-state index is 14.8. The number of carbonyl (C=O) groups is 1. The summed E-state index contributed by atoms with van der Waals surface area (Å²) in [4.78, 5) is 17.5. The second-order valence-corrected chi connectivity index (χ2v) is 9.37. The highest BCUT2D eigenvalue weighted by Gasteiger charge is 2.33. The summed E-state index contributed by atoms with van der Waals surface area (Å²) in [5.74, 6) is -0.738. The number of amides is 1. The topological polar surface area (TPSA) is 49.3 Å². The lowest BCUT2D eigenvalue weighted by molar-refractivity contribution is 0.0785. The number of carbonyl (C=O) groups excluding carboxylic acids is 1. The predicted octanol–water partition coefficient (Wildman–Crippen LogP) is 4.63. The number of fused-ring (bicyclic) bond motifs is 1. The molecule has 0 bridgehead atoms. The smallest absolute Gasteiger partial charge is 0.257 e. The van der Waals surface area contributed by atoms with Gasteiger partial charge in [-0.1, -0.05) is 60.7 Å². The van der Waals surface area contributed by atoms with Gasteiger partial charge in [-0.15, -0.1) is 0 Å². The van der Waals surface area contributed by atoms with Gasteiger partial charge in [-0.2, -0.15) is 10.2 Å². The first-order chi connectivity index (χ1) is 17.1. The van der Waals surface area contributed by atoms with Crippen LogP contribution in [-0.4, -0.2) is 52.1 Å². The third-order valence-electron chi connectivity index (χ3n) is 6.91. The van der Waals surface area contributed by atoms with Gasteiger partial charge in [0, 0.05) is 49.9 Å². The second kappa shape index (κ2) is 9.04. The first-order valence-electron chi connectivity index (χ1n) is 11.9. The molecule has 0 aliphatic carbocycles. The molecule has 2 aliphatic rings. The average Bonchev–Trinajstić information content (AvgIpc) is 3.44. The Bertz CT molecular complexity index is 1430. The van der Waals surface area contributed by atoms with Crippen molar-refractivity contribution in [3.8, 4) is 0 Å². The molecule has 4 aromatic rings. The van der Waals surface area contributed by atoms with E-state index in [1.54, 1.807) is 23.2 Å². The maximum Gasteiger partial charge on any atom is 0.257 e. The molecule has 0 saturated carbocycles. The van der Waals surface area contributed by atoms with Crippen molar-refractivity contribution in [2.45, 2.75) is 13.0 Å². The van der Waals surface area contributed by atoms with Gasteiger partial charge in [0.05, 0.1) is 17.5 Å². The molecule has 5 nitrogen and oxygen atoms in total. The minimum atomic E-state index is -0.486. The number of hydrogen-bond donors (Lipinski definition) is 0. The van der Waals surface area contributed by atoms with Gasteiger partial charge < -0.3 is 4.90 Å². The molecule has 6 heteroatoms. The first kappa shape index (κ1) is 21.6. The monoisotopic (exact) mass is 464 g/mol. The van der Waals surface area contributed by atoms with E-state index in [0.717, 1.165) is 41.7 Å². The second-order valence-electron chi connectivity index (χ2n) is 9.37. The Morgan fingerprint density at radius 1 is 0.857 bits per heavy atom. The number of benzene rings is 3. The van der Waals surface area contributed by atoms with Crippen LogP contribution in [0, 0.1) is 5.82 Å². The molecule has 0 N–H and O–H groups in total. The largest absolute Gasteiger partial charge is 0.330 e. The number of rotatable bonds is 5. The lowest BCUT2D eigenvalue weighted by atomic mass is 10.0. The van der Waals surface area contributed by atoms with Crippen molar-refractivity contribution >= 4 is 16.7 Å². The van der Waals surface area contributed by atoms with Crippen LogP contribution in [0.5, 0.6) is 0 Å². The summed E-state index contributed by atoms with van der Waals surface area (Å²) < 4.78 is 14.8. The average molecular weight is 465 g/mol. The molecular weight excluding hydrogens is 439 g/mol. The Balaban J connectivity index is 1.15. The number of aromatic nitrogens is 2. The minimum absolute atomic E-state index is 0.123. The Morgan fingerprint density at radius 2 is 1.60 bits per heavy atom. The molecule has 3 aromatic carbocycles. The number of halogens is 1. The molecule has 2 aliphatic heterocycles. The maximum atomic E-state index is 14.8. The van der Waals surface area contributed by atoms with Crippen molar-refractivity contribution in [2.24, 2.45) is 0 Å². The van der Waals surface area contributed by atoms with Crippen LogP contribution in [0.25, 0.3) is 10.8 Å². The lowest BCUT2D eigenvalue weighted by Gasteiger charge is -2.23.